The molecule has 1 saturated carbocycles. The van der Waals surface area contributed by atoms with Gasteiger partial charge in [0.05, 0.1) is 12.6 Å². The molecule has 1 N–H and O–H groups in total. The monoisotopic (exact) mass is 374 g/mol. The highest BCUT2D eigenvalue weighted by Crippen LogP contribution is 2.25. The Kier molecular flexibility index (Phi) is 7.75. The van der Waals surface area contributed by atoms with Crippen molar-refractivity contribution in [2.75, 3.05) is 26.2 Å². The van der Waals surface area contributed by atoms with Crippen LogP contribution in [0.15, 0.2) is 23.3 Å². The summed E-state index contributed by atoms with van der Waals surface area (Å²) in [5.74, 6) is 1.72. The molecule has 0 bridgehead atoms. The molecular formula is C21H34N4O2. The van der Waals surface area contributed by atoms with Crippen LogP contribution in [0.25, 0.3) is 0 Å². The molecule has 0 spiro atoms. The normalized spacial score (nSPS) is 19.5. The van der Waals surface area contributed by atoms with Gasteiger partial charge in [0.25, 0.3) is 0 Å². The topological polar surface area (TPSA) is 59.0 Å². The van der Waals surface area contributed by atoms with Crippen LogP contribution in [0.5, 0.6) is 5.88 Å². The zero-order valence-electron chi connectivity index (χ0n) is 16.8. The van der Waals surface area contributed by atoms with E-state index in [0.717, 1.165) is 69.3 Å². The lowest BCUT2D eigenvalue weighted by Crippen LogP contribution is -2.47. The molecule has 1 aromatic heterocycles. The second kappa shape index (κ2) is 10.5. The standard InChI is InChI=1S/C21H34N4O2/c1-3-22-21(25-14-11-18(12-15-25)26-4-2)24-16-17-8-7-13-23-20(17)27-19-9-5-6-10-19/h7-8,13,18-19H,3-6,9-12,14-16H2,1-2H3,(H,22,24). The molecule has 6 nitrogen and oxygen atoms in total. The largest absolute Gasteiger partial charge is 0.474 e. The number of rotatable bonds is 7. The summed E-state index contributed by atoms with van der Waals surface area (Å²) in [5, 5.41) is 3.44. The fourth-order valence-electron chi connectivity index (χ4n) is 3.87. The number of piperidine rings is 1. The highest BCUT2D eigenvalue weighted by molar-refractivity contribution is 5.80. The summed E-state index contributed by atoms with van der Waals surface area (Å²) in [6.07, 6.45) is 9.41. The molecule has 1 saturated heterocycles. The molecule has 1 aliphatic heterocycles. The van der Waals surface area contributed by atoms with Crippen molar-refractivity contribution in [1.29, 1.82) is 0 Å². The molecule has 2 aliphatic rings. The van der Waals surface area contributed by atoms with Crippen molar-refractivity contribution in [1.82, 2.24) is 15.2 Å². The lowest BCUT2D eigenvalue weighted by atomic mass is 10.1. The van der Waals surface area contributed by atoms with Crippen LogP contribution in [0.4, 0.5) is 0 Å². The molecule has 0 aromatic carbocycles. The Morgan fingerprint density at radius 2 is 1.96 bits per heavy atom. The highest BCUT2D eigenvalue weighted by atomic mass is 16.5. The molecular weight excluding hydrogens is 340 g/mol. The third kappa shape index (κ3) is 5.83. The van der Waals surface area contributed by atoms with E-state index in [1.807, 2.05) is 6.07 Å². The van der Waals surface area contributed by atoms with Crippen LogP contribution in [0.2, 0.25) is 0 Å². The smallest absolute Gasteiger partial charge is 0.218 e. The van der Waals surface area contributed by atoms with Crippen LogP contribution in [-0.4, -0.2) is 54.3 Å². The summed E-state index contributed by atoms with van der Waals surface area (Å²) in [5.41, 5.74) is 1.06. The van der Waals surface area contributed by atoms with E-state index >= 15 is 0 Å². The Balaban J connectivity index is 1.63. The van der Waals surface area contributed by atoms with Gasteiger partial charge in [-0.05, 0) is 58.4 Å². The van der Waals surface area contributed by atoms with Crippen molar-refractivity contribution >= 4 is 5.96 Å². The second-order valence-electron chi connectivity index (χ2n) is 7.30. The molecule has 1 aliphatic carbocycles. The van der Waals surface area contributed by atoms with E-state index in [-0.39, 0.29) is 0 Å². The van der Waals surface area contributed by atoms with Crippen molar-refractivity contribution in [3.63, 3.8) is 0 Å². The van der Waals surface area contributed by atoms with Gasteiger partial charge in [0, 0.05) is 38.0 Å². The number of likely N-dealkylation sites (tertiary alicyclic amines) is 1. The van der Waals surface area contributed by atoms with E-state index in [1.165, 1.54) is 12.8 Å². The van der Waals surface area contributed by atoms with Gasteiger partial charge < -0.3 is 19.7 Å². The summed E-state index contributed by atoms with van der Waals surface area (Å²) in [4.78, 5) is 11.7. The summed E-state index contributed by atoms with van der Waals surface area (Å²) in [7, 11) is 0. The Bertz CT molecular complexity index is 594. The quantitative estimate of drug-likeness (QED) is 0.586. The van der Waals surface area contributed by atoms with Gasteiger partial charge in [0.2, 0.25) is 5.88 Å². The van der Waals surface area contributed by atoms with Crippen LogP contribution >= 0.6 is 0 Å². The fraction of sp³-hybridized carbons (Fsp3) is 0.714. The summed E-state index contributed by atoms with van der Waals surface area (Å²) < 4.78 is 11.9. The first-order chi connectivity index (χ1) is 13.3. The van der Waals surface area contributed by atoms with Crippen molar-refractivity contribution < 1.29 is 9.47 Å². The molecule has 0 atom stereocenters. The fourth-order valence-corrected chi connectivity index (χ4v) is 3.87. The number of aromatic nitrogens is 1. The highest BCUT2D eigenvalue weighted by Gasteiger charge is 2.22. The first-order valence-electron chi connectivity index (χ1n) is 10.6. The van der Waals surface area contributed by atoms with Crippen molar-refractivity contribution in [2.45, 2.75) is 71.1 Å². The molecule has 0 unspecified atom stereocenters. The number of hydrogen-bond donors (Lipinski definition) is 1. The van der Waals surface area contributed by atoms with Gasteiger partial charge in [-0.2, -0.15) is 0 Å². The van der Waals surface area contributed by atoms with E-state index in [1.54, 1.807) is 6.20 Å². The Morgan fingerprint density at radius 1 is 1.19 bits per heavy atom. The number of guanidine groups is 1. The number of hydrogen-bond acceptors (Lipinski definition) is 4. The SMILES string of the molecule is CCNC(=NCc1cccnc1OC1CCCC1)N1CCC(OCC)CC1. The number of pyridine rings is 1. The van der Waals surface area contributed by atoms with Gasteiger partial charge in [0.15, 0.2) is 5.96 Å². The molecule has 27 heavy (non-hydrogen) atoms. The van der Waals surface area contributed by atoms with Crippen LogP contribution in [0, 0.1) is 0 Å². The molecule has 3 rings (SSSR count). The second-order valence-corrected chi connectivity index (χ2v) is 7.30. The number of ether oxygens (including phenoxy) is 2. The minimum atomic E-state index is 0.313. The number of nitrogens with zero attached hydrogens (tertiary/aromatic N) is 3. The van der Waals surface area contributed by atoms with Gasteiger partial charge in [-0.1, -0.05) is 6.07 Å². The Labute approximate surface area is 163 Å². The van der Waals surface area contributed by atoms with Crippen molar-refractivity contribution in [2.24, 2.45) is 4.99 Å². The van der Waals surface area contributed by atoms with Crippen LogP contribution in [-0.2, 0) is 11.3 Å². The van der Waals surface area contributed by atoms with E-state index in [2.05, 4.69) is 35.1 Å². The lowest BCUT2D eigenvalue weighted by molar-refractivity contribution is 0.0263. The minimum Gasteiger partial charge on any atom is -0.474 e. The molecule has 0 amide bonds. The maximum atomic E-state index is 6.15. The van der Waals surface area contributed by atoms with E-state index < -0.39 is 0 Å². The van der Waals surface area contributed by atoms with E-state index in [0.29, 0.717) is 18.8 Å². The first kappa shape index (κ1) is 19.9. The first-order valence-corrected chi connectivity index (χ1v) is 10.6. The number of nitrogens with one attached hydrogen (secondary N) is 1. The maximum Gasteiger partial charge on any atom is 0.218 e. The number of aliphatic imine (C=N–C) groups is 1. The summed E-state index contributed by atoms with van der Waals surface area (Å²) >= 11 is 0. The predicted molar refractivity (Wildman–Crippen MR) is 108 cm³/mol. The molecule has 0 radical (unpaired) electrons. The molecule has 1 aromatic rings. The van der Waals surface area contributed by atoms with Crippen LogP contribution in [0.1, 0.15) is 57.9 Å². The third-order valence-electron chi connectivity index (χ3n) is 5.31. The third-order valence-corrected chi connectivity index (χ3v) is 5.31. The van der Waals surface area contributed by atoms with Gasteiger partial charge >= 0.3 is 0 Å². The van der Waals surface area contributed by atoms with Gasteiger partial charge in [0.1, 0.15) is 6.10 Å². The minimum absolute atomic E-state index is 0.313. The van der Waals surface area contributed by atoms with Crippen LogP contribution in [0.3, 0.4) is 0 Å². The molecule has 150 valence electrons. The molecule has 6 heteroatoms. The van der Waals surface area contributed by atoms with E-state index in [9.17, 15) is 0 Å². The summed E-state index contributed by atoms with van der Waals surface area (Å²) in [6, 6.07) is 4.04. The average molecular weight is 375 g/mol. The zero-order valence-corrected chi connectivity index (χ0v) is 16.8. The van der Waals surface area contributed by atoms with Crippen molar-refractivity contribution in [3.05, 3.63) is 23.9 Å². The predicted octanol–water partition coefficient (Wildman–Crippen LogP) is 3.37. The van der Waals surface area contributed by atoms with E-state index in [4.69, 9.17) is 14.5 Å². The molecule has 2 heterocycles. The van der Waals surface area contributed by atoms with Gasteiger partial charge in [-0.3, -0.25) is 0 Å². The summed E-state index contributed by atoms with van der Waals surface area (Å²) in [6.45, 7) is 8.39. The average Bonchev–Trinajstić information content (AvgIpc) is 3.20. The zero-order chi connectivity index (χ0) is 18.9. The molecule has 2 fully saturated rings. The van der Waals surface area contributed by atoms with Crippen molar-refractivity contribution in [3.8, 4) is 5.88 Å². The lowest BCUT2D eigenvalue weighted by Gasteiger charge is -2.34. The van der Waals surface area contributed by atoms with Gasteiger partial charge in [-0.25, -0.2) is 9.98 Å². The van der Waals surface area contributed by atoms with Gasteiger partial charge in [-0.15, -0.1) is 0 Å². The van der Waals surface area contributed by atoms with Crippen LogP contribution < -0.4 is 10.1 Å². The Hall–Kier alpha value is -1.82. The maximum absolute atomic E-state index is 6.15. The Morgan fingerprint density at radius 3 is 2.67 bits per heavy atom.